The molecule has 2 aromatic heterocycles. The van der Waals surface area contributed by atoms with Crippen molar-refractivity contribution in [2.45, 2.75) is 38.5 Å². The Kier molecular flexibility index (Phi) is 8.58. The van der Waals surface area contributed by atoms with Crippen molar-refractivity contribution in [1.29, 1.82) is 0 Å². The molecule has 0 spiro atoms. The van der Waals surface area contributed by atoms with Crippen molar-refractivity contribution in [3.63, 3.8) is 0 Å². The molecule has 5 rings (SSSR count). The quantitative estimate of drug-likeness (QED) is 0.408. The van der Waals surface area contributed by atoms with Crippen molar-refractivity contribution >= 4 is 23.0 Å². The fourth-order valence-electron chi connectivity index (χ4n) is 5.84. The maximum Gasteiger partial charge on any atom is 0.417 e. The van der Waals surface area contributed by atoms with Gasteiger partial charge in [-0.3, -0.25) is 19.1 Å². The van der Waals surface area contributed by atoms with E-state index in [-0.39, 0.29) is 36.0 Å². The van der Waals surface area contributed by atoms with Gasteiger partial charge in [-0.2, -0.15) is 13.2 Å². The van der Waals surface area contributed by atoms with Gasteiger partial charge in [0.25, 0.3) is 11.5 Å². The Morgan fingerprint density at radius 2 is 1.76 bits per heavy atom. The number of carbonyl (C=O) groups is 1. The highest BCUT2D eigenvalue weighted by Crippen LogP contribution is 2.38. The van der Waals surface area contributed by atoms with Gasteiger partial charge < -0.3 is 20.3 Å². The van der Waals surface area contributed by atoms with Crippen LogP contribution in [0.4, 0.5) is 33.5 Å². The van der Waals surface area contributed by atoms with E-state index in [0.29, 0.717) is 48.5 Å². The van der Waals surface area contributed by atoms with Crippen LogP contribution in [-0.4, -0.2) is 77.8 Å². The number of alkyl halides is 3. The summed E-state index contributed by atoms with van der Waals surface area (Å²) >= 11 is 0. The predicted molar refractivity (Wildman–Crippen MR) is 158 cm³/mol. The van der Waals surface area contributed by atoms with E-state index in [1.165, 1.54) is 13.4 Å². The van der Waals surface area contributed by atoms with Crippen LogP contribution in [0.1, 0.15) is 41.8 Å². The standard InChI is InChI=1S/C30H32F5N7O3/c1-16-11-41(12-17(2)39(16)3)22-9-21(31)26(18-6-5-7-40(13-18)23-10-24(45-4)38-15-37-23)27(32)28(22)42-14-19(29(36)44)20(8-25(42)43)30(33,34)35/h6,8-10,14-17H,5,7,11-13H2,1-4H3,(H2,36,44)/t16-,17+. The van der Waals surface area contributed by atoms with Crippen molar-refractivity contribution < 1.29 is 31.5 Å². The molecule has 4 heterocycles. The summed E-state index contributed by atoms with van der Waals surface area (Å²) in [7, 11) is 3.35. The number of amides is 1. The zero-order valence-corrected chi connectivity index (χ0v) is 25.0. The van der Waals surface area contributed by atoms with Crippen LogP contribution in [0, 0.1) is 11.6 Å². The van der Waals surface area contributed by atoms with Crippen molar-refractivity contribution in [2.75, 3.05) is 50.1 Å². The minimum atomic E-state index is -5.08. The third-order valence-corrected chi connectivity index (χ3v) is 8.37. The van der Waals surface area contributed by atoms with Crippen LogP contribution in [0.15, 0.2) is 41.6 Å². The fourth-order valence-corrected chi connectivity index (χ4v) is 5.84. The second-order valence-corrected chi connectivity index (χ2v) is 11.2. The number of ether oxygens (including phenoxy) is 1. The summed E-state index contributed by atoms with van der Waals surface area (Å²) in [6, 6.07) is 2.72. The number of primary amides is 1. The van der Waals surface area contributed by atoms with Crippen molar-refractivity contribution in [3.8, 4) is 11.6 Å². The molecular weight excluding hydrogens is 601 g/mol. The molecule has 1 aromatic carbocycles. The summed E-state index contributed by atoms with van der Waals surface area (Å²) in [4.78, 5) is 39.2. The van der Waals surface area contributed by atoms with Crippen molar-refractivity contribution in [3.05, 3.63) is 75.5 Å². The van der Waals surface area contributed by atoms with Crippen LogP contribution in [-0.2, 0) is 6.18 Å². The van der Waals surface area contributed by atoms with Gasteiger partial charge >= 0.3 is 6.18 Å². The monoisotopic (exact) mass is 633 g/mol. The Morgan fingerprint density at radius 1 is 1.07 bits per heavy atom. The summed E-state index contributed by atoms with van der Waals surface area (Å²) in [5.41, 5.74) is 0.676. The molecular formula is C30H32F5N7O3. The molecule has 0 aliphatic carbocycles. The number of halogens is 5. The summed E-state index contributed by atoms with van der Waals surface area (Å²) in [6.07, 6.45) is -1.16. The maximum absolute atomic E-state index is 16.9. The molecule has 0 bridgehead atoms. The van der Waals surface area contributed by atoms with Gasteiger partial charge in [0.05, 0.1) is 29.5 Å². The lowest BCUT2D eigenvalue weighted by atomic mass is 9.97. The van der Waals surface area contributed by atoms with Gasteiger partial charge in [0, 0.05) is 62.7 Å². The Morgan fingerprint density at radius 3 is 2.38 bits per heavy atom. The van der Waals surface area contributed by atoms with E-state index < -0.39 is 51.7 Å². The lowest BCUT2D eigenvalue weighted by molar-refractivity contribution is -0.138. The lowest BCUT2D eigenvalue weighted by Gasteiger charge is -2.44. The second-order valence-electron chi connectivity index (χ2n) is 11.2. The highest BCUT2D eigenvalue weighted by Gasteiger charge is 2.37. The van der Waals surface area contributed by atoms with Crippen molar-refractivity contribution in [2.24, 2.45) is 5.73 Å². The van der Waals surface area contributed by atoms with E-state index in [1.54, 1.807) is 21.9 Å². The Hall–Kier alpha value is -4.53. The molecule has 2 N–H and O–H groups in total. The molecule has 3 aromatic rings. The molecule has 0 radical (unpaired) electrons. The normalized spacial score (nSPS) is 19.4. The van der Waals surface area contributed by atoms with Crippen LogP contribution in [0.3, 0.4) is 0 Å². The molecule has 10 nitrogen and oxygen atoms in total. The fraction of sp³-hybridized carbons (Fsp3) is 0.400. The van der Waals surface area contributed by atoms with E-state index in [0.717, 1.165) is 6.07 Å². The molecule has 0 unspecified atom stereocenters. The molecule has 0 saturated carbocycles. The van der Waals surface area contributed by atoms with Crippen molar-refractivity contribution in [1.82, 2.24) is 19.4 Å². The average molecular weight is 634 g/mol. The SMILES string of the molecule is COc1cc(N2CCC=C(c3c(F)cc(N4C[C@@H](C)N(C)[C@@H](C)C4)c(-n4cc(C(N)=O)c(C(F)(F)F)cc4=O)c3F)C2)ncn1. The maximum atomic E-state index is 16.9. The zero-order valence-electron chi connectivity index (χ0n) is 25.0. The van der Waals surface area contributed by atoms with Gasteiger partial charge in [-0.25, -0.2) is 18.7 Å². The molecule has 45 heavy (non-hydrogen) atoms. The van der Waals surface area contributed by atoms with Crippen LogP contribution in [0.25, 0.3) is 11.3 Å². The van der Waals surface area contributed by atoms with Gasteiger partial charge in [-0.1, -0.05) is 6.08 Å². The van der Waals surface area contributed by atoms with Crippen LogP contribution in [0.2, 0.25) is 0 Å². The minimum absolute atomic E-state index is 0.0177. The van der Waals surface area contributed by atoms with E-state index >= 15 is 8.78 Å². The highest BCUT2D eigenvalue weighted by atomic mass is 19.4. The first-order chi connectivity index (χ1) is 21.2. The minimum Gasteiger partial charge on any atom is -0.481 e. The number of carbonyl (C=O) groups excluding carboxylic acids is 1. The molecule has 240 valence electrons. The Bertz CT molecular complexity index is 1710. The number of hydrogen-bond donors (Lipinski definition) is 1. The number of piperazine rings is 1. The molecule has 1 fully saturated rings. The highest BCUT2D eigenvalue weighted by molar-refractivity contribution is 5.94. The smallest absolute Gasteiger partial charge is 0.417 e. The largest absolute Gasteiger partial charge is 0.481 e. The Labute approximate surface area is 255 Å². The topological polar surface area (TPSA) is 110 Å². The van der Waals surface area contributed by atoms with Crippen LogP contribution < -0.4 is 25.8 Å². The molecule has 1 saturated heterocycles. The summed E-state index contributed by atoms with van der Waals surface area (Å²) in [5.74, 6) is -2.81. The van der Waals surface area contributed by atoms with Gasteiger partial charge in [0.15, 0.2) is 5.82 Å². The first kappa shape index (κ1) is 31.9. The summed E-state index contributed by atoms with van der Waals surface area (Å²) in [5, 5.41) is 0. The molecule has 1 amide bonds. The average Bonchev–Trinajstić information content (AvgIpc) is 2.99. The molecule has 2 aliphatic heterocycles. The first-order valence-corrected chi connectivity index (χ1v) is 14.1. The zero-order chi connectivity index (χ0) is 32.8. The van der Waals surface area contributed by atoms with E-state index in [1.807, 2.05) is 20.9 Å². The third-order valence-electron chi connectivity index (χ3n) is 8.37. The Balaban J connectivity index is 1.71. The number of benzene rings is 1. The summed E-state index contributed by atoms with van der Waals surface area (Å²) < 4.78 is 80.0. The lowest BCUT2D eigenvalue weighted by Crippen LogP contribution is -2.55. The summed E-state index contributed by atoms with van der Waals surface area (Å²) in [6.45, 7) is 4.93. The van der Waals surface area contributed by atoms with Gasteiger partial charge in [-0.15, -0.1) is 0 Å². The number of nitrogens with zero attached hydrogens (tertiary/aromatic N) is 6. The number of rotatable bonds is 6. The van der Waals surface area contributed by atoms with E-state index in [9.17, 15) is 22.8 Å². The van der Waals surface area contributed by atoms with Crippen LogP contribution >= 0.6 is 0 Å². The van der Waals surface area contributed by atoms with Gasteiger partial charge in [0.2, 0.25) is 5.88 Å². The second kappa shape index (κ2) is 12.1. The number of aromatic nitrogens is 3. The number of likely N-dealkylation sites (N-methyl/N-ethyl adjacent to an activating group) is 1. The molecule has 15 heteroatoms. The first-order valence-electron chi connectivity index (χ1n) is 14.1. The van der Waals surface area contributed by atoms with E-state index in [2.05, 4.69) is 14.9 Å². The number of hydrogen-bond acceptors (Lipinski definition) is 8. The van der Waals surface area contributed by atoms with Gasteiger partial charge in [0.1, 0.15) is 23.6 Å². The van der Waals surface area contributed by atoms with Crippen LogP contribution in [0.5, 0.6) is 5.88 Å². The third kappa shape index (κ3) is 6.08. The number of methoxy groups -OCH3 is 1. The molecule has 2 atom stereocenters. The number of pyridine rings is 1. The van der Waals surface area contributed by atoms with Gasteiger partial charge in [-0.05, 0) is 32.9 Å². The number of nitrogens with two attached hydrogens (primary N) is 1. The number of anilines is 2. The molecule has 2 aliphatic rings. The van der Waals surface area contributed by atoms with E-state index in [4.69, 9.17) is 10.5 Å². The predicted octanol–water partition coefficient (Wildman–Crippen LogP) is 3.85.